The van der Waals surface area contributed by atoms with Gasteiger partial charge in [0.1, 0.15) is 5.82 Å². The quantitative estimate of drug-likeness (QED) is 0.464. The lowest BCUT2D eigenvalue weighted by atomic mass is 10.1. The number of imidazole rings is 1. The number of fused-ring (bicyclic) bond motifs is 1. The van der Waals surface area contributed by atoms with E-state index in [0.29, 0.717) is 21.8 Å². The van der Waals surface area contributed by atoms with Crippen LogP contribution in [-0.4, -0.2) is 20.9 Å². The van der Waals surface area contributed by atoms with Crippen LogP contribution in [0.25, 0.3) is 22.6 Å². The maximum Gasteiger partial charge on any atom is 0.291 e. The molecule has 0 saturated heterocycles. The number of furan rings is 1. The maximum absolute atomic E-state index is 13.5. The zero-order chi connectivity index (χ0) is 20.8. The SMILES string of the molecule is CC(F)(F)c1cnc2nc(-c3cc(NC(=O)c4ccc(F)o4)ccc3Cl)[nH]c2c1. The minimum atomic E-state index is -3.04. The lowest BCUT2D eigenvalue weighted by Crippen LogP contribution is -2.10. The minimum absolute atomic E-state index is 0.194. The van der Waals surface area contributed by atoms with Crippen molar-refractivity contribution in [3.05, 3.63) is 65.0 Å². The zero-order valence-electron chi connectivity index (χ0n) is 14.8. The van der Waals surface area contributed by atoms with Gasteiger partial charge in [0.05, 0.1) is 10.5 Å². The lowest BCUT2D eigenvalue weighted by Gasteiger charge is -2.08. The van der Waals surface area contributed by atoms with Crippen molar-refractivity contribution in [2.45, 2.75) is 12.8 Å². The maximum atomic E-state index is 13.5. The van der Waals surface area contributed by atoms with E-state index in [9.17, 15) is 18.0 Å². The summed E-state index contributed by atoms with van der Waals surface area (Å²) in [6.07, 6.45) is 1.06. The molecule has 29 heavy (non-hydrogen) atoms. The second-order valence-electron chi connectivity index (χ2n) is 6.32. The van der Waals surface area contributed by atoms with Crippen molar-refractivity contribution in [3.63, 3.8) is 0 Å². The van der Waals surface area contributed by atoms with Crippen LogP contribution in [-0.2, 0) is 5.92 Å². The van der Waals surface area contributed by atoms with Gasteiger partial charge < -0.3 is 14.7 Å². The molecule has 0 radical (unpaired) electrons. The zero-order valence-corrected chi connectivity index (χ0v) is 15.5. The molecule has 2 N–H and O–H groups in total. The van der Waals surface area contributed by atoms with Crippen LogP contribution in [0.3, 0.4) is 0 Å². The van der Waals surface area contributed by atoms with Gasteiger partial charge in [-0.15, -0.1) is 0 Å². The Bertz CT molecular complexity index is 1230. The molecule has 4 aromatic rings. The molecule has 6 nitrogen and oxygen atoms in total. The minimum Gasteiger partial charge on any atom is -0.426 e. The third-order valence-electron chi connectivity index (χ3n) is 4.12. The molecule has 1 amide bonds. The highest BCUT2D eigenvalue weighted by Crippen LogP contribution is 2.32. The second-order valence-corrected chi connectivity index (χ2v) is 6.73. The number of amides is 1. The molecule has 0 aliphatic rings. The van der Waals surface area contributed by atoms with Gasteiger partial charge in [-0.05, 0) is 30.3 Å². The summed E-state index contributed by atoms with van der Waals surface area (Å²) in [5.41, 5.74) is 1.07. The number of aromatic amines is 1. The van der Waals surface area contributed by atoms with E-state index in [1.807, 2.05) is 0 Å². The van der Waals surface area contributed by atoms with Crippen molar-refractivity contribution in [1.82, 2.24) is 15.0 Å². The molecule has 3 aromatic heterocycles. The van der Waals surface area contributed by atoms with Gasteiger partial charge in [-0.2, -0.15) is 4.39 Å². The summed E-state index contributed by atoms with van der Waals surface area (Å²) >= 11 is 6.24. The smallest absolute Gasteiger partial charge is 0.291 e. The Hall–Kier alpha value is -3.33. The number of pyridine rings is 1. The predicted octanol–water partition coefficient (Wildman–Crippen LogP) is 5.37. The fourth-order valence-corrected chi connectivity index (χ4v) is 2.89. The molecular formula is C19H12ClF3N4O2. The Morgan fingerprint density at radius 2 is 2.03 bits per heavy atom. The number of nitrogens with zero attached hydrogens (tertiary/aromatic N) is 2. The standard InChI is InChI=1S/C19H12ClF3N4O2/c1-19(22,23)9-6-13-17(24-8-9)27-16(26-13)11-7-10(2-3-12(11)20)25-18(28)14-4-5-15(21)29-14/h2-8H,1H3,(H,25,28)(H,24,26,27). The highest BCUT2D eigenvalue weighted by Gasteiger charge is 2.25. The van der Waals surface area contributed by atoms with Crippen molar-refractivity contribution in [1.29, 1.82) is 0 Å². The van der Waals surface area contributed by atoms with Crippen LogP contribution < -0.4 is 5.32 Å². The molecule has 0 aliphatic heterocycles. The van der Waals surface area contributed by atoms with Gasteiger partial charge in [0.2, 0.25) is 0 Å². The summed E-state index contributed by atoms with van der Waals surface area (Å²) in [6.45, 7) is 0.779. The van der Waals surface area contributed by atoms with Crippen LogP contribution in [0.5, 0.6) is 0 Å². The van der Waals surface area contributed by atoms with E-state index < -0.39 is 17.8 Å². The Balaban J connectivity index is 1.67. The normalized spacial score (nSPS) is 11.8. The van der Waals surface area contributed by atoms with E-state index in [2.05, 4.69) is 24.7 Å². The molecule has 10 heteroatoms. The average Bonchev–Trinajstić information content (AvgIpc) is 3.28. The van der Waals surface area contributed by atoms with E-state index in [-0.39, 0.29) is 22.8 Å². The molecule has 148 valence electrons. The summed E-state index contributed by atoms with van der Waals surface area (Å²) in [6, 6.07) is 7.22. The lowest BCUT2D eigenvalue weighted by molar-refractivity contribution is 0.0172. The molecule has 0 atom stereocenters. The molecule has 0 bridgehead atoms. The van der Waals surface area contributed by atoms with Crippen LogP contribution in [0, 0.1) is 6.01 Å². The Morgan fingerprint density at radius 3 is 2.72 bits per heavy atom. The van der Waals surface area contributed by atoms with Crippen LogP contribution in [0.1, 0.15) is 23.0 Å². The fraction of sp³-hybridized carbons (Fsp3) is 0.105. The van der Waals surface area contributed by atoms with Gasteiger partial charge in [0, 0.05) is 36.0 Å². The van der Waals surface area contributed by atoms with Crippen molar-refractivity contribution in [3.8, 4) is 11.4 Å². The number of H-pyrrole nitrogens is 1. The third-order valence-corrected chi connectivity index (χ3v) is 4.45. The highest BCUT2D eigenvalue weighted by atomic mass is 35.5. The monoisotopic (exact) mass is 420 g/mol. The van der Waals surface area contributed by atoms with Crippen LogP contribution in [0.2, 0.25) is 5.02 Å². The number of anilines is 1. The molecular weight excluding hydrogens is 409 g/mol. The molecule has 0 saturated carbocycles. The van der Waals surface area contributed by atoms with Gasteiger partial charge in [-0.3, -0.25) is 4.79 Å². The Labute approximate surface area is 166 Å². The van der Waals surface area contributed by atoms with Crippen molar-refractivity contribution >= 4 is 34.4 Å². The topological polar surface area (TPSA) is 83.8 Å². The fourth-order valence-electron chi connectivity index (χ4n) is 2.68. The largest absolute Gasteiger partial charge is 0.426 e. The van der Waals surface area contributed by atoms with E-state index in [0.717, 1.165) is 19.2 Å². The molecule has 3 heterocycles. The van der Waals surface area contributed by atoms with E-state index in [4.69, 9.17) is 11.6 Å². The number of benzene rings is 1. The van der Waals surface area contributed by atoms with E-state index >= 15 is 0 Å². The molecule has 1 aromatic carbocycles. The first-order valence-corrected chi connectivity index (χ1v) is 8.69. The summed E-state index contributed by atoms with van der Waals surface area (Å²) in [5.74, 6) is -3.60. The van der Waals surface area contributed by atoms with Gasteiger partial charge in [0.25, 0.3) is 17.8 Å². The first-order valence-electron chi connectivity index (χ1n) is 8.31. The molecule has 0 aliphatic carbocycles. The predicted molar refractivity (Wildman–Crippen MR) is 101 cm³/mol. The highest BCUT2D eigenvalue weighted by molar-refractivity contribution is 6.33. The molecule has 0 spiro atoms. The number of hydrogen-bond acceptors (Lipinski definition) is 4. The first kappa shape index (κ1) is 19.0. The van der Waals surface area contributed by atoms with Gasteiger partial charge in [-0.25, -0.2) is 18.7 Å². The van der Waals surface area contributed by atoms with E-state index in [1.54, 1.807) is 6.07 Å². The number of rotatable bonds is 4. The van der Waals surface area contributed by atoms with Gasteiger partial charge in [0.15, 0.2) is 11.4 Å². The average molecular weight is 421 g/mol. The van der Waals surface area contributed by atoms with Crippen LogP contribution >= 0.6 is 11.6 Å². The summed E-state index contributed by atoms with van der Waals surface area (Å²) < 4.78 is 44.6. The summed E-state index contributed by atoms with van der Waals surface area (Å²) in [5, 5.41) is 2.87. The number of carbonyl (C=O) groups excluding carboxylic acids is 1. The van der Waals surface area contributed by atoms with Crippen LogP contribution in [0.4, 0.5) is 18.9 Å². The molecule has 0 fully saturated rings. The number of hydrogen-bond donors (Lipinski definition) is 2. The second kappa shape index (κ2) is 6.93. The first-order chi connectivity index (χ1) is 13.7. The number of halogens is 4. The Morgan fingerprint density at radius 1 is 1.24 bits per heavy atom. The number of carbonyl (C=O) groups is 1. The van der Waals surface area contributed by atoms with Gasteiger partial charge >= 0.3 is 0 Å². The van der Waals surface area contributed by atoms with E-state index in [1.165, 1.54) is 24.3 Å². The molecule has 0 unspecified atom stereocenters. The molecule has 4 rings (SSSR count). The number of aromatic nitrogens is 3. The Kier molecular flexibility index (Phi) is 4.54. The number of nitrogens with one attached hydrogen (secondary N) is 2. The van der Waals surface area contributed by atoms with Crippen molar-refractivity contribution in [2.75, 3.05) is 5.32 Å². The van der Waals surface area contributed by atoms with Crippen LogP contribution in [0.15, 0.2) is 47.0 Å². The summed E-state index contributed by atoms with van der Waals surface area (Å²) in [4.78, 5) is 23.3. The van der Waals surface area contributed by atoms with Crippen molar-refractivity contribution < 1.29 is 22.4 Å². The third kappa shape index (κ3) is 3.81. The number of alkyl halides is 2. The van der Waals surface area contributed by atoms with Crippen molar-refractivity contribution in [2.24, 2.45) is 0 Å². The van der Waals surface area contributed by atoms with Gasteiger partial charge in [-0.1, -0.05) is 11.6 Å². The summed E-state index contributed by atoms with van der Waals surface area (Å²) in [7, 11) is 0.